The Morgan fingerprint density at radius 3 is 2.69 bits per heavy atom. The minimum atomic E-state index is 0.805. The van der Waals surface area contributed by atoms with Crippen LogP contribution in [0.2, 0.25) is 0 Å². The van der Waals surface area contributed by atoms with E-state index in [-0.39, 0.29) is 0 Å². The summed E-state index contributed by atoms with van der Waals surface area (Å²) in [5.74, 6) is 0.805. The van der Waals surface area contributed by atoms with Crippen LogP contribution in [0.5, 0.6) is 0 Å². The van der Waals surface area contributed by atoms with Gasteiger partial charge in [0, 0.05) is 0 Å². The molecule has 0 radical (unpaired) electrons. The van der Waals surface area contributed by atoms with Crippen LogP contribution in [0.1, 0.15) is 24.0 Å². The van der Waals surface area contributed by atoms with Crippen molar-refractivity contribution in [3.8, 4) is 0 Å². The van der Waals surface area contributed by atoms with Crippen molar-refractivity contribution in [3.63, 3.8) is 0 Å². The molecule has 0 unspecified atom stereocenters. The van der Waals surface area contributed by atoms with Gasteiger partial charge in [-0.15, -0.1) is 0 Å². The Kier molecular flexibility index (Phi) is 2.56. The van der Waals surface area contributed by atoms with Gasteiger partial charge in [-0.3, -0.25) is 0 Å². The van der Waals surface area contributed by atoms with E-state index in [1.807, 2.05) is 0 Å². The Balaban J connectivity index is 1.82. The number of benzene rings is 1. The first-order chi connectivity index (χ1) is 7.84. The van der Waals surface area contributed by atoms with Crippen LogP contribution in [0.3, 0.4) is 0 Å². The summed E-state index contributed by atoms with van der Waals surface area (Å²) in [4.78, 5) is 2.44. The lowest BCUT2D eigenvalue weighted by molar-refractivity contribution is 0.248. The van der Waals surface area contributed by atoms with Crippen LogP contribution in [0, 0.1) is 5.92 Å². The molecule has 1 saturated heterocycles. The highest BCUT2D eigenvalue weighted by Gasteiger charge is 2.24. The fraction of sp³-hybridized carbons (Fsp3) is 0.467. The summed E-state index contributed by atoms with van der Waals surface area (Å²) >= 11 is 0. The Hall–Kier alpha value is -1.08. The highest BCUT2D eigenvalue weighted by molar-refractivity contribution is 5.74. The van der Waals surface area contributed by atoms with Crippen molar-refractivity contribution >= 4 is 5.57 Å². The van der Waals surface area contributed by atoms with Crippen molar-refractivity contribution in [2.24, 2.45) is 5.92 Å². The normalized spacial score (nSPS) is 21.9. The van der Waals surface area contributed by atoms with E-state index in [1.165, 1.54) is 37.1 Å². The first-order valence-electron chi connectivity index (χ1n) is 6.31. The molecule has 1 aromatic carbocycles. The summed E-state index contributed by atoms with van der Waals surface area (Å²) < 4.78 is 0. The highest BCUT2D eigenvalue weighted by Crippen LogP contribution is 2.37. The largest absolute Gasteiger partial charge is 0.306 e. The average Bonchev–Trinajstić information content (AvgIpc) is 2.74. The summed E-state index contributed by atoms with van der Waals surface area (Å²) in [6.07, 6.45) is 6.27. The van der Waals surface area contributed by atoms with Crippen LogP contribution in [0.15, 0.2) is 30.3 Å². The number of hydrogen-bond acceptors (Lipinski definition) is 1. The molecule has 0 atom stereocenters. The van der Waals surface area contributed by atoms with E-state index in [1.54, 1.807) is 5.57 Å². The Bertz CT molecular complexity index is 411. The molecule has 1 aliphatic carbocycles. The first-order valence-corrected chi connectivity index (χ1v) is 6.31. The average molecular weight is 213 g/mol. The molecular formula is C15H19N. The first kappa shape index (κ1) is 10.1. The number of likely N-dealkylation sites (tertiary alicyclic amines) is 1. The zero-order chi connectivity index (χ0) is 11.0. The zero-order valence-electron chi connectivity index (χ0n) is 9.95. The van der Waals surface area contributed by atoms with Crippen molar-refractivity contribution in [3.05, 3.63) is 41.5 Å². The van der Waals surface area contributed by atoms with Gasteiger partial charge in [0.15, 0.2) is 0 Å². The number of piperidine rings is 1. The van der Waals surface area contributed by atoms with Gasteiger partial charge in [-0.05, 0) is 62.0 Å². The molecule has 0 aromatic heterocycles. The molecule has 1 fully saturated rings. The van der Waals surface area contributed by atoms with Gasteiger partial charge in [0.1, 0.15) is 0 Å². The van der Waals surface area contributed by atoms with Crippen LogP contribution in [-0.2, 0) is 6.42 Å². The minimum Gasteiger partial charge on any atom is -0.306 e. The second-order valence-electron chi connectivity index (χ2n) is 5.10. The molecule has 1 nitrogen and oxygen atoms in total. The van der Waals surface area contributed by atoms with Gasteiger partial charge in [-0.1, -0.05) is 30.3 Å². The van der Waals surface area contributed by atoms with E-state index < -0.39 is 0 Å². The fourth-order valence-electron chi connectivity index (χ4n) is 3.02. The van der Waals surface area contributed by atoms with E-state index >= 15 is 0 Å². The molecule has 1 aromatic rings. The topological polar surface area (TPSA) is 3.24 Å². The maximum atomic E-state index is 2.46. The third kappa shape index (κ3) is 1.69. The fourth-order valence-corrected chi connectivity index (χ4v) is 3.02. The van der Waals surface area contributed by atoms with Gasteiger partial charge >= 0.3 is 0 Å². The third-order valence-electron chi connectivity index (χ3n) is 4.03. The lowest BCUT2D eigenvalue weighted by Crippen LogP contribution is -2.30. The molecule has 1 heteroatoms. The molecule has 0 spiro atoms. The summed E-state index contributed by atoms with van der Waals surface area (Å²) in [7, 11) is 2.23. The zero-order valence-corrected chi connectivity index (χ0v) is 9.95. The quantitative estimate of drug-likeness (QED) is 0.693. The summed E-state index contributed by atoms with van der Waals surface area (Å²) in [6, 6.07) is 8.90. The molecule has 0 saturated carbocycles. The number of fused-ring (bicyclic) bond motifs is 1. The molecule has 3 rings (SSSR count). The Morgan fingerprint density at radius 2 is 1.88 bits per heavy atom. The number of allylic oxidation sites excluding steroid dienone is 2. The molecule has 2 aliphatic rings. The predicted molar refractivity (Wildman–Crippen MR) is 68.3 cm³/mol. The molecule has 1 aliphatic heterocycles. The van der Waals surface area contributed by atoms with E-state index in [2.05, 4.69) is 42.3 Å². The van der Waals surface area contributed by atoms with Gasteiger partial charge in [-0.25, -0.2) is 0 Å². The molecule has 0 bridgehead atoms. The maximum absolute atomic E-state index is 2.46. The Labute approximate surface area is 97.8 Å². The molecule has 0 amide bonds. The van der Waals surface area contributed by atoms with E-state index in [0.717, 1.165) is 12.3 Å². The van der Waals surface area contributed by atoms with E-state index in [4.69, 9.17) is 0 Å². The van der Waals surface area contributed by atoms with Gasteiger partial charge in [0.25, 0.3) is 0 Å². The van der Waals surface area contributed by atoms with Crippen LogP contribution in [-0.4, -0.2) is 25.0 Å². The second-order valence-corrected chi connectivity index (χ2v) is 5.10. The van der Waals surface area contributed by atoms with Gasteiger partial charge in [-0.2, -0.15) is 0 Å². The van der Waals surface area contributed by atoms with Crippen LogP contribution in [0.25, 0.3) is 5.57 Å². The number of rotatable bonds is 1. The second kappa shape index (κ2) is 4.06. The van der Waals surface area contributed by atoms with Gasteiger partial charge in [0.05, 0.1) is 0 Å². The lowest BCUT2D eigenvalue weighted by atomic mass is 9.86. The summed E-state index contributed by atoms with van der Waals surface area (Å²) in [5, 5.41) is 0. The number of nitrogens with zero attached hydrogens (tertiary/aromatic N) is 1. The molecule has 84 valence electrons. The summed E-state index contributed by atoms with van der Waals surface area (Å²) in [5.41, 5.74) is 4.68. The van der Waals surface area contributed by atoms with Crippen molar-refractivity contribution < 1.29 is 0 Å². The number of hydrogen-bond donors (Lipinski definition) is 0. The molecular weight excluding hydrogens is 194 g/mol. The molecule has 16 heavy (non-hydrogen) atoms. The van der Waals surface area contributed by atoms with Gasteiger partial charge < -0.3 is 4.90 Å². The highest BCUT2D eigenvalue weighted by atomic mass is 15.1. The van der Waals surface area contributed by atoms with Crippen LogP contribution < -0.4 is 0 Å². The standard InChI is InChI=1S/C15H19N/c1-16-10-8-13(9-11-16)15-7-6-12-4-2-3-5-14(12)15/h2-5,7,13H,6,8-11H2,1H3. The predicted octanol–water partition coefficient (Wildman–Crippen LogP) is 2.97. The van der Waals surface area contributed by atoms with Gasteiger partial charge in [0.2, 0.25) is 0 Å². The van der Waals surface area contributed by atoms with E-state index in [0.29, 0.717) is 0 Å². The van der Waals surface area contributed by atoms with Crippen LogP contribution >= 0.6 is 0 Å². The lowest BCUT2D eigenvalue weighted by Gasteiger charge is -2.30. The molecule has 1 heterocycles. The third-order valence-corrected chi connectivity index (χ3v) is 4.03. The maximum Gasteiger partial charge on any atom is -0.00159 e. The van der Waals surface area contributed by atoms with Crippen molar-refractivity contribution in [2.75, 3.05) is 20.1 Å². The van der Waals surface area contributed by atoms with E-state index in [9.17, 15) is 0 Å². The smallest absolute Gasteiger partial charge is 0.00159 e. The Morgan fingerprint density at radius 1 is 1.12 bits per heavy atom. The monoisotopic (exact) mass is 213 g/mol. The van der Waals surface area contributed by atoms with Crippen LogP contribution in [0.4, 0.5) is 0 Å². The SMILES string of the molecule is CN1CCC(C2=CCc3ccccc32)CC1. The molecule has 0 N–H and O–H groups in total. The summed E-state index contributed by atoms with van der Waals surface area (Å²) in [6.45, 7) is 2.51. The van der Waals surface area contributed by atoms with Crippen molar-refractivity contribution in [1.82, 2.24) is 4.90 Å². The van der Waals surface area contributed by atoms with Crippen molar-refractivity contribution in [1.29, 1.82) is 0 Å². The van der Waals surface area contributed by atoms with Crippen molar-refractivity contribution in [2.45, 2.75) is 19.3 Å². The minimum absolute atomic E-state index is 0.805.